The second-order valence-corrected chi connectivity index (χ2v) is 9.43. The average molecular weight is 465 g/mol. The highest BCUT2D eigenvalue weighted by atomic mass is 32.2. The van der Waals surface area contributed by atoms with Crippen molar-refractivity contribution in [2.24, 2.45) is 0 Å². The lowest BCUT2D eigenvalue weighted by molar-refractivity contribution is -0.119. The number of esters is 1. The molecule has 9 nitrogen and oxygen atoms in total. The number of methoxy groups -OCH3 is 1. The zero-order valence-corrected chi connectivity index (χ0v) is 18.1. The molecule has 2 N–H and O–H groups in total. The third-order valence-electron chi connectivity index (χ3n) is 4.81. The molecule has 2 unspecified atom stereocenters. The number of sulfonamides is 1. The number of hydrogen-bond acceptors (Lipinski definition) is 7. The zero-order chi connectivity index (χ0) is 22.8. The molecular formula is C20H20N2O7S2. The van der Waals surface area contributed by atoms with Gasteiger partial charge in [0.2, 0.25) is 15.9 Å². The number of ether oxygens (including phenoxy) is 1. The Morgan fingerprint density at radius 3 is 2.39 bits per heavy atom. The van der Waals surface area contributed by atoms with Gasteiger partial charge in [-0.2, -0.15) is 16.9 Å². The lowest BCUT2D eigenvalue weighted by Gasteiger charge is -2.24. The summed E-state index contributed by atoms with van der Waals surface area (Å²) in [6.45, 7) is -0.0169. The van der Waals surface area contributed by atoms with Crippen molar-refractivity contribution in [3.8, 4) is 0 Å². The number of aromatic carboxylic acids is 1. The molecule has 164 valence electrons. The molecule has 1 aliphatic heterocycles. The van der Waals surface area contributed by atoms with Crippen LogP contribution < -0.4 is 5.32 Å². The van der Waals surface area contributed by atoms with Crippen molar-refractivity contribution >= 4 is 46.2 Å². The molecule has 0 radical (unpaired) electrons. The van der Waals surface area contributed by atoms with Gasteiger partial charge < -0.3 is 15.2 Å². The topological polar surface area (TPSA) is 130 Å². The number of carboxylic acid groups (broad SMARTS) is 1. The molecule has 2 atom stereocenters. The van der Waals surface area contributed by atoms with Crippen LogP contribution >= 0.6 is 12.6 Å². The molecule has 2 aromatic rings. The summed E-state index contributed by atoms with van der Waals surface area (Å²) >= 11 is 4.35. The summed E-state index contributed by atoms with van der Waals surface area (Å²) in [5.74, 6) is -2.49. The van der Waals surface area contributed by atoms with E-state index in [9.17, 15) is 22.8 Å². The first-order valence-corrected chi connectivity index (χ1v) is 11.1. The van der Waals surface area contributed by atoms with E-state index >= 15 is 0 Å². The molecule has 0 saturated carbocycles. The minimum absolute atomic E-state index is 0.0169. The van der Waals surface area contributed by atoms with E-state index in [0.717, 1.165) is 11.4 Å². The number of thiol groups is 1. The summed E-state index contributed by atoms with van der Waals surface area (Å²) in [4.78, 5) is 35.6. The maximum Gasteiger partial charge on any atom is 0.339 e. The van der Waals surface area contributed by atoms with E-state index in [1.165, 1.54) is 48.5 Å². The van der Waals surface area contributed by atoms with Crippen LogP contribution in [0.3, 0.4) is 0 Å². The Kier molecular flexibility index (Phi) is 6.68. The third kappa shape index (κ3) is 4.73. The summed E-state index contributed by atoms with van der Waals surface area (Å²) in [5, 5.41) is 11.2. The number of carbonyl (C=O) groups excluding carboxylic acids is 2. The van der Waals surface area contributed by atoms with Gasteiger partial charge in [0.05, 0.1) is 23.1 Å². The fraction of sp³-hybridized carbons (Fsp3) is 0.250. The minimum Gasteiger partial charge on any atom is -0.478 e. The second kappa shape index (κ2) is 9.08. The molecule has 11 heteroatoms. The van der Waals surface area contributed by atoms with Crippen LogP contribution in [0.2, 0.25) is 0 Å². The number of nitrogens with zero attached hydrogens (tertiary/aromatic N) is 1. The Morgan fingerprint density at radius 2 is 1.77 bits per heavy atom. The predicted molar refractivity (Wildman–Crippen MR) is 115 cm³/mol. The minimum atomic E-state index is -4.22. The lowest BCUT2D eigenvalue weighted by atomic mass is 10.2. The van der Waals surface area contributed by atoms with Gasteiger partial charge >= 0.3 is 11.9 Å². The molecular weight excluding hydrogens is 444 g/mol. The quantitative estimate of drug-likeness (QED) is 0.439. The van der Waals surface area contributed by atoms with Crippen LogP contribution in [-0.2, 0) is 19.6 Å². The summed E-state index contributed by atoms with van der Waals surface area (Å²) in [5.41, 5.74) is 0.249. The number of benzene rings is 2. The molecule has 0 spiro atoms. The second-order valence-electron chi connectivity index (χ2n) is 6.84. The van der Waals surface area contributed by atoms with Crippen LogP contribution in [0.25, 0.3) is 0 Å². The molecule has 0 aliphatic carbocycles. The van der Waals surface area contributed by atoms with Crippen molar-refractivity contribution in [3.05, 3.63) is 59.7 Å². The number of carboxylic acids is 1. The Hall–Kier alpha value is -2.89. The van der Waals surface area contributed by atoms with Crippen molar-refractivity contribution in [1.82, 2.24) is 4.31 Å². The number of rotatable bonds is 6. The number of anilines is 1. The van der Waals surface area contributed by atoms with Crippen LogP contribution in [-0.4, -0.2) is 60.6 Å². The number of amides is 1. The van der Waals surface area contributed by atoms with Gasteiger partial charge in [-0.15, -0.1) is 0 Å². The number of nitrogens with one attached hydrogen (secondary N) is 1. The smallest absolute Gasteiger partial charge is 0.339 e. The summed E-state index contributed by atoms with van der Waals surface area (Å²) < 4.78 is 32.4. The van der Waals surface area contributed by atoms with E-state index in [0.29, 0.717) is 5.69 Å². The third-order valence-corrected chi connectivity index (χ3v) is 7.12. The van der Waals surface area contributed by atoms with Crippen LogP contribution in [0.15, 0.2) is 53.4 Å². The van der Waals surface area contributed by atoms with Gasteiger partial charge in [-0.05, 0) is 42.8 Å². The highest BCUT2D eigenvalue weighted by molar-refractivity contribution is 7.89. The van der Waals surface area contributed by atoms with Gasteiger partial charge in [0.15, 0.2) is 0 Å². The van der Waals surface area contributed by atoms with Crippen LogP contribution in [0.5, 0.6) is 0 Å². The number of hydrogen-bond donors (Lipinski definition) is 3. The molecule has 0 bridgehead atoms. The SMILES string of the molecule is COC(=O)c1ccccc1S(=O)(=O)N1CC(S)CC1C(=O)Nc1ccc(C(=O)O)cc1. The van der Waals surface area contributed by atoms with Crippen LogP contribution in [0.1, 0.15) is 27.1 Å². The normalized spacial score (nSPS) is 19.0. The highest BCUT2D eigenvalue weighted by Crippen LogP contribution is 2.31. The molecule has 0 aromatic heterocycles. The molecule has 1 heterocycles. The standard InChI is InChI=1S/C20H20N2O7S2/c1-29-20(26)15-4-2-3-5-17(15)31(27,28)22-11-14(30)10-16(22)18(23)21-13-8-6-12(7-9-13)19(24)25/h2-9,14,16,30H,10-11H2,1H3,(H,21,23)(H,24,25). The summed E-state index contributed by atoms with van der Waals surface area (Å²) in [6, 6.07) is 10.1. The Morgan fingerprint density at radius 1 is 1.13 bits per heavy atom. The maximum absolute atomic E-state index is 13.3. The van der Waals surface area contributed by atoms with Crippen LogP contribution in [0, 0.1) is 0 Å². The van der Waals surface area contributed by atoms with Crippen molar-refractivity contribution in [2.45, 2.75) is 22.6 Å². The Balaban J connectivity index is 1.89. The Bertz CT molecular complexity index is 1120. The van der Waals surface area contributed by atoms with Crippen molar-refractivity contribution in [1.29, 1.82) is 0 Å². The van der Waals surface area contributed by atoms with Crippen molar-refractivity contribution < 1.29 is 32.6 Å². The molecule has 2 aromatic carbocycles. The van der Waals surface area contributed by atoms with Gasteiger partial charge in [0.1, 0.15) is 6.04 Å². The highest BCUT2D eigenvalue weighted by Gasteiger charge is 2.44. The predicted octanol–water partition coefficient (Wildman–Crippen LogP) is 1.87. The van der Waals surface area contributed by atoms with Crippen molar-refractivity contribution in [2.75, 3.05) is 19.0 Å². The van der Waals surface area contributed by atoms with Gasteiger partial charge in [0, 0.05) is 17.5 Å². The first-order valence-electron chi connectivity index (χ1n) is 9.16. The number of carbonyl (C=O) groups is 3. The summed E-state index contributed by atoms with van der Waals surface area (Å²) in [7, 11) is -3.07. The van der Waals surface area contributed by atoms with Crippen molar-refractivity contribution in [3.63, 3.8) is 0 Å². The molecule has 1 amide bonds. The fourth-order valence-electron chi connectivity index (χ4n) is 3.31. The van der Waals surface area contributed by atoms with Crippen LogP contribution in [0.4, 0.5) is 5.69 Å². The Labute approximate surface area is 184 Å². The average Bonchev–Trinajstić information content (AvgIpc) is 3.16. The lowest BCUT2D eigenvalue weighted by Crippen LogP contribution is -2.43. The van der Waals surface area contributed by atoms with E-state index in [-0.39, 0.29) is 34.2 Å². The maximum atomic E-state index is 13.3. The monoisotopic (exact) mass is 464 g/mol. The molecule has 1 fully saturated rings. The van der Waals surface area contributed by atoms with Gasteiger partial charge in [0.25, 0.3) is 0 Å². The first-order chi connectivity index (χ1) is 14.6. The van der Waals surface area contributed by atoms with Gasteiger partial charge in [-0.1, -0.05) is 12.1 Å². The largest absolute Gasteiger partial charge is 0.478 e. The van der Waals surface area contributed by atoms with Gasteiger partial charge in [-0.25, -0.2) is 18.0 Å². The summed E-state index contributed by atoms with van der Waals surface area (Å²) in [6.07, 6.45) is 0.168. The van der Waals surface area contributed by atoms with Gasteiger partial charge in [-0.3, -0.25) is 4.79 Å². The van der Waals surface area contributed by atoms with E-state index in [1.807, 2.05) is 0 Å². The van der Waals surface area contributed by atoms with E-state index in [4.69, 9.17) is 5.11 Å². The van der Waals surface area contributed by atoms with E-state index < -0.39 is 33.9 Å². The molecule has 1 aliphatic rings. The fourth-order valence-corrected chi connectivity index (χ4v) is 5.62. The molecule has 3 rings (SSSR count). The van der Waals surface area contributed by atoms with E-state index in [1.54, 1.807) is 0 Å². The first kappa shape index (κ1) is 22.8. The molecule has 1 saturated heterocycles. The zero-order valence-electron chi connectivity index (χ0n) is 16.4. The molecule has 31 heavy (non-hydrogen) atoms. The van der Waals surface area contributed by atoms with E-state index in [2.05, 4.69) is 22.7 Å².